The molecule has 2 atom stereocenters. The number of halogens is 1. The lowest BCUT2D eigenvalue weighted by Crippen LogP contribution is -2.48. The molecule has 2 unspecified atom stereocenters. The summed E-state index contributed by atoms with van der Waals surface area (Å²) >= 11 is 2.99. The van der Waals surface area contributed by atoms with Crippen molar-refractivity contribution in [1.82, 2.24) is 9.62 Å². The average molecular weight is 297 g/mol. The highest BCUT2D eigenvalue weighted by molar-refractivity contribution is 9.10. The van der Waals surface area contributed by atoms with Crippen molar-refractivity contribution < 1.29 is 8.42 Å². The molecule has 2 saturated heterocycles. The maximum atomic E-state index is 11.4. The van der Waals surface area contributed by atoms with Gasteiger partial charge < -0.3 is 4.90 Å². The predicted molar refractivity (Wildman–Crippen MR) is 63.4 cm³/mol. The van der Waals surface area contributed by atoms with Gasteiger partial charge in [0.2, 0.25) is 10.0 Å². The maximum Gasteiger partial charge on any atom is 0.221 e. The highest BCUT2D eigenvalue weighted by Gasteiger charge is 2.39. The van der Waals surface area contributed by atoms with Gasteiger partial charge in [0.05, 0.1) is 0 Å². The Bertz CT molecular complexity index is 319. The van der Waals surface area contributed by atoms with Gasteiger partial charge in [0, 0.05) is 18.1 Å². The normalized spacial score (nSPS) is 37.1. The number of hydrogen-bond donors (Lipinski definition) is 1. The largest absolute Gasteiger partial charge is 0.300 e. The highest BCUT2D eigenvalue weighted by atomic mass is 79.9. The summed E-state index contributed by atoms with van der Waals surface area (Å²) in [6.07, 6.45) is 4.35. The molecule has 2 fully saturated rings. The van der Waals surface area contributed by atoms with Gasteiger partial charge in [-0.25, -0.2) is 13.1 Å². The van der Waals surface area contributed by atoms with Gasteiger partial charge >= 0.3 is 0 Å². The Morgan fingerprint density at radius 2 is 1.87 bits per heavy atom. The number of rotatable bonds is 3. The van der Waals surface area contributed by atoms with Crippen LogP contribution in [0.15, 0.2) is 0 Å². The Balaban J connectivity index is 1.98. The third-order valence-corrected chi connectivity index (χ3v) is 6.38. The SMILES string of the molecule is CN1C2CCC1CC(NS(=O)(=O)CBr)C2. The Morgan fingerprint density at radius 1 is 1.33 bits per heavy atom. The summed E-state index contributed by atoms with van der Waals surface area (Å²) in [5, 5.41) is 0. The number of piperidine rings is 1. The van der Waals surface area contributed by atoms with Crippen molar-refractivity contribution >= 4 is 26.0 Å². The molecule has 0 aromatic rings. The smallest absolute Gasteiger partial charge is 0.221 e. The summed E-state index contributed by atoms with van der Waals surface area (Å²) in [6.45, 7) is 0. The topological polar surface area (TPSA) is 49.4 Å². The number of hydrogen-bond acceptors (Lipinski definition) is 3. The first-order valence-electron chi connectivity index (χ1n) is 5.30. The Morgan fingerprint density at radius 3 is 2.33 bits per heavy atom. The van der Waals surface area contributed by atoms with E-state index in [0.717, 1.165) is 12.8 Å². The summed E-state index contributed by atoms with van der Waals surface area (Å²) in [5.41, 5.74) is 0. The molecule has 2 aliphatic rings. The molecule has 88 valence electrons. The van der Waals surface area contributed by atoms with Crippen LogP contribution in [0.5, 0.6) is 0 Å². The van der Waals surface area contributed by atoms with E-state index in [2.05, 4.69) is 32.6 Å². The van der Waals surface area contributed by atoms with E-state index in [1.807, 2.05) is 0 Å². The van der Waals surface area contributed by atoms with Crippen molar-refractivity contribution in [2.24, 2.45) is 0 Å². The van der Waals surface area contributed by atoms with Gasteiger partial charge in [0.1, 0.15) is 4.66 Å². The van der Waals surface area contributed by atoms with Crippen LogP contribution in [-0.2, 0) is 10.0 Å². The molecule has 0 amide bonds. The molecule has 0 spiro atoms. The van der Waals surface area contributed by atoms with Crippen LogP contribution in [0.3, 0.4) is 0 Å². The summed E-state index contributed by atoms with van der Waals surface area (Å²) < 4.78 is 25.6. The molecule has 2 rings (SSSR count). The molecule has 0 aromatic carbocycles. The van der Waals surface area contributed by atoms with Crippen molar-refractivity contribution in [3.8, 4) is 0 Å². The molecule has 2 aliphatic heterocycles. The average Bonchev–Trinajstić information content (AvgIpc) is 2.40. The number of fused-ring (bicyclic) bond motifs is 2. The van der Waals surface area contributed by atoms with Crippen LogP contribution in [0, 0.1) is 0 Å². The van der Waals surface area contributed by atoms with E-state index in [4.69, 9.17) is 0 Å². The molecule has 4 nitrogen and oxygen atoms in total. The molecule has 0 aliphatic carbocycles. The molecule has 2 heterocycles. The van der Waals surface area contributed by atoms with Crippen LogP contribution in [0.25, 0.3) is 0 Å². The van der Waals surface area contributed by atoms with E-state index >= 15 is 0 Å². The summed E-state index contributed by atoms with van der Waals surface area (Å²) in [6, 6.07) is 1.29. The van der Waals surface area contributed by atoms with Crippen LogP contribution in [-0.4, -0.2) is 43.2 Å². The zero-order valence-corrected chi connectivity index (χ0v) is 11.2. The molecule has 0 radical (unpaired) electrons. The standard InChI is InChI=1S/C9H17BrN2O2S/c1-12-8-2-3-9(12)5-7(4-8)11-15(13,14)6-10/h7-9,11H,2-6H2,1H3. The van der Waals surface area contributed by atoms with Crippen LogP contribution >= 0.6 is 15.9 Å². The lowest BCUT2D eigenvalue weighted by Gasteiger charge is -2.36. The minimum atomic E-state index is -3.11. The van der Waals surface area contributed by atoms with E-state index in [1.54, 1.807) is 0 Å². The van der Waals surface area contributed by atoms with Crippen LogP contribution in [0.2, 0.25) is 0 Å². The van der Waals surface area contributed by atoms with Crippen molar-refractivity contribution in [3.05, 3.63) is 0 Å². The fraction of sp³-hybridized carbons (Fsp3) is 1.00. The Hall–Kier alpha value is 0.350. The molecule has 15 heavy (non-hydrogen) atoms. The minimum Gasteiger partial charge on any atom is -0.300 e. The molecule has 6 heteroatoms. The number of alkyl halides is 1. The van der Waals surface area contributed by atoms with Crippen LogP contribution in [0.4, 0.5) is 0 Å². The summed E-state index contributed by atoms with van der Waals surface area (Å²) in [5.74, 6) is 0. The quantitative estimate of drug-likeness (QED) is 0.787. The lowest BCUT2D eigenvalue weighted by molar-refractivity contribution is 0.157. The lowest BCUT2D eigenvalue weighted by atomic mass is 9.99. The van der Waals surface area contributed by atoms with Gasteiger partial charge in [-0.1, -0.05) is 15.9 Å². The van der Waals surface area contributed by atoms with Crippen molar-refractivity contribution in [3.63, 3.8) is 0 Å². The number of sulfonamides is 1. The van der Waals surface area contributed by atoms with Crippen molar-refractivity contribution in [1.29, 1.82) is 0 Å². The Labute approximate surface area is 99.6 Å². The Kier molecular flexibility index (Phi) is 3.40. The number of nitrogens with one attached hydrogen (secondary N) is 1. The molecule has 1 N–H and O–H groups in total. The van der Waals surface area contributed by atoms with E-state index in [9.17, 15) is 8.42 Å². The van der Waals surface area contributed by atoms with Gasteiger partial charge in [-0.05, 0) is 32.7 Å². The van der Waals surface area contributed by atoms with Crippen molar-refractivity contribution in [2.75, 3.05) is 11.7 Å². The fourth-order valence-corrected chi connectivity index (χ4v) is 3.95. The van der Waals surface area contributed by atoms with Crippen LogP contribution < -0.4 is 4.72 Å². The summed E-state index contributed by atoms with van der Waals surface area (Å²) in [7, 11) is -0.957. The second kappa shape index (κ2) is 4.31. The minimum absolute atomic E-state index is 0.00166. The highest BCUT2D eigenvalue weighted by Crippen LogP contribution is 2.34. The van der Waals surface area contributed by atoms with E-state index in [-0.39, 0.29) is 10.7 Å². The third-order valence-electron chi connectivity index (χ3n) is 3.59. The molecular formula is C9H17BrN2O2S. The molecule has 0 saturated carbocycles. The van der Waals surface area contributed by atoms with E-state index in [1.165, 1.54) is 12.8 Å². The van der Waals surface area contributed by atoms with Gasteiger partial charge in [0.25, 0.3) is 0 Å². The predicted octanol–water partition coefficient (Wildman–Crippen LogP) is 0.883. The third kappa shape index (κ3) is 2.54. The van der Waals surface area contributed by atoms with Gasteiger partial charge in [-0.3, -0.25) is 0 Å². The summed E-state index contributed by atoms with van der Waals surface area (Å²) in [4.78, 5) is 2.40. The molecule has 0 aromatic heterocycles. The second-order valence-corrected chi connectivity index (χ2v) is 7.62. The first-order chi connectivity index (χ1) is 7.02. The first kappa shape index (κ1) is 11.8. The monoisotopic (exact) mass is 296 g/mol. The van der Waals surface area contributed by atoms with Gasteiger partial charge in [0.15, 0.2) is 0 Å². The maximum absolute atomic E-state index is 11.4. The first-order valence-corrected chi connectivity index (χ1v) is 8.07. The van der Waals surface area contributed by atoms with E-state index < -0.39 is 10.0 Å². The van der Waals surface area contributed by atoms with Gasteiger partial charge in [-0.2, -0.15) is 0 Å². The molecular weight excluding hydrogens is 280 g/mol. The van der Waals surface area contributed by atoms with Crippen LogP contribution in [0.1, 0.15) is 25.7 Å². The zero-order chi connectivity index (χ0) is 11.1. The van der Waals surface area contributed by atoms with E-state index in [0.29, 0.717) is 12.1 Å². The second-order valence-electron chi connectivity index (χ2n) is 4.56. The number of nitrogens with zero attached hydrogens (tertiary/aromatic N) is 1. The van der Waals surface area contributed by atoms with Gasteiger partial charge in [-0.15, -0.1) is 0 Å². The molecule has 2 bridgehead atoms. The fourth-order valence-electron chi connectivity index (χ4n) is 2.79. The zero-order valence-electron chi connectivity index (χ0n) is 8.82. The van der Waals surface area contributed by atoms with Crippen molar-refractivity contribution in [2.45, 2.75) is 43.8 Å².